The van der Waals surface area contributed by atoms with Gasteiger partial charge in [0.2, 0.25) is 0 Å². The number of carboxylic acid groups (broad SMARTS) is 1. The van der Waals surface area contributed by atoms with Crippen molar-refractivity contribution in [3.05, 3.63) is 29.1 Å². The van der Waals surface area contributed by atoms with Gasteiger partial charge in [0, 0.05) is 17.9 Å². The van der Waals surface area contributed by atoms with Crippen molar-refractivity contribution in [2.75, 3.05) is 7.11 Å². The Bertz CT molecular complexity index is 538. The van der Waals surface area contributed by atoms with Gasteiger partial charge in [0.1, 0.15) is 11.6 Å². The molecule has 4 nitrogen and oxygen atoms in total. The molecule has 1 aliphatic rings. The highest BCUT2D eigenvalue weighted by Crippen LogP contribution is 2.52. The molecule has 2 rings (SSSR count). The Morgan fingerprint density at radius 3 is 2.63 bits per heavy atom. The molecule has 1 saturated carbocycles. The number of ketones is 1. The summed E-state index contributed by atoms with van der Waals surface area (Å²) in [5.41, 5.74) is 0.534. The van der Waals surface area contributed by atoms with Crippen molar-refractivity contribution in [1.82, 2.24) is 0 Å². The molecule has 0 saturated heterocycles. The van der Waals surface area contributed by atoms with E-state index in [4.69, 9.17) is 9.84 Å². The zero-order valence-electron chi connectivity index (χ0n) is 10.8. The molecule has 19 heavy (non-hydrogen) atoms. The second-order valence-electron chi connectivity index (χ2n) is 4.61. The fraction of sp³-hybridized carbons (Fsp3) is 0.429. The molecule has 1 aromatic rings. The molecule has 0 spiro atoms. The van der Waals surface area contributed by atoms with Crippen LogP contribution in [0.5, 0.6) is 5.75 Å². The Hall–Kier alpha value is -1.91. The number of hydrogen-bond acceptors (Lipinski definition) is 3. The molecule has 0 heterocycles. The second kappa shape index (κ2) is 4.99. The third-order valence-electron chi connectivity index (χ3n) is 3.45. The van der Waals surface area contributed by atoms with Crippen molar-refractivity contribution in [3.8, 4) is 5.75 Å². The zero-order valence-corrected chi connectivity index (χ0v) is 10.8. The number of Topliss-reactive ketones (excluding diaryl/α,β-unsaturated/α-hetero) is 1. The lowest BCUT2D eigenvalue weighted by Gasteiger charge is -2.13. The van der Waals surface area contributed by atoms with Crippen LogP contribution in [0.25, 0.3) is 0 Å². The van der Waals surface area contributed by atoms with E-state index in [1.807, 2.05) is 0 Å². The summed E-state index contributed by atoms with van der Waals surface area (Å²) in [5.74, 6) is -2.42. The summed E-state index contributed by atoms with van der Waals surface area (Å²) in [5, 5.41) is 8.93. The summed E-state index contributed by atoms with van der Waals surface area (Å²) in [4.78, 5) is 22.7. The van der Waals surface area contributed by atoms with E-state index in [0.29, 0.717) is 12.0 Å². The van der Waals surface area contributed by atoms with E-state index in [2.05, 4.69) is 0 Å². The first kappa shape index (κ1) is 13.5. The maximum Gasteiger partial charge on any atom is 0.307 e. The number of ether oxygens (including phenoxy) is 1. The number of benzene rings is 1. The number of rotatable bonds is 5. The Labute approximate surface area is 110 Å². The number of methoxy groups -OCH3 is 1. The standard InChI is InChI=1S/C14H15FO4/c1-3-11(16)7-4-5-10(15)12(13(7)19-2)8-6-9(8)14(17)18/h4-5,8-9H,3,6H2,1-2H3,(H,17,18)/t8-,9+/m1/s1. The Morgan fingerprint density at radius 2 is 2.16 bits per heavy atom. The van der Waals surface area contributed by atoms with Crippen LogP contribution < -0.4 is 4.74 Å². The second-order valence-corrected chi connectivity index (χ2v) is 4.61. The number of hydrogen-bond donors (Lipinski definition) is 1. The van der Waals surface area contributed by atoms with E-state index in [9.17, 15) is 14.0 Å². The minimum Gasteiger partial charge on any atom is -0.496 e. The van der Waals surface area contributed by atoms with Crippen LogP contribution in [0, 0.1) is 11.7 Å². The van der Waals surface area contributed by atoms with E-state index in [1.54, 1.807) is 6.92 Å². The highest BCUT2D eigenvalue weighted by molar-refractivity contribution is 5.99. The lowest BCUT2D eigenvalue weighted by atomic mass is 9.99. The minimum absolute atomic E-state index is 0.148. The molecule has 0 radical (unpaired) electrons. The molecule has 0 unspecified atom stereocenters. The van der Waals surface area contributed by atoms with Crippen molar-refractivity contribution < 1.29 is 23.8 Å². The number of aliphatic carboxylic acids is 1. The Balaban J connectivity index is 2.48. The van der Waals surface area contributed by atoms with Crippen LogP contribution in [0.15, 0.2) is 12.1 Å². The van der Waals surface area contributed by atoms with Gasteiger partial charge in [-0.25, -0.2) is 4.39 Å². The number of halogens is 1. The number of carbonyl (C=O) groups is 2. The fourth-order valence-electron chi connectivity index (χ4n) is 2.34. The fourth-order valence-corrected chi connectivity index (χ4v) is 2.34. The third kappa shape index (κ3) is 2.32. The molecule has 1 aliphatic carbocycles. The van der Waals surface area contributed by atoms with Gasteiger partial charge in [-0.2, -0.15) is 0 Å². The normalized spacial score (nSPS) is 21.0. The minimum atomic E-state index is -0.946. The summed E-state index contributed by atoms with van der Waals surface area (Å²) < 4.78 is 19.1. The van der Waals surface area contributed by atoms with Gasteiger partial charge in [0.05, 0.1) is 18.6 Å². The third-order valence-corrected chi connectivity index (χ3v) is 3.45. The molecule has 5 heteroatoms. The van der Waals surface area contributed by atoms with E-state index < -0.39 is 23.6 Å². The van der Waals surface area contributed by atoms with Gasteiger partial charge >= 0.3 is 5.97 Å². The molecule has 102 valence electrons. The van der Waals surface area contributed by atoms with E-state index in [-0.39, 0.29) is 23.5 Å². The van der Waals surface area contributed by atoms with E-state index in [0.717, 1.165) is 0 Å². The maximum atomic E-state index is 13.9. The smallest absolute Gasteiger partial charge is 0.307 e. The summed E-state index contributed by atoms with van der Waals surface area (Å²) in [6.45, 7) is 1.71. The van der Waals surface area contributed by atoms with E-state index in [1.165, 1.54) is 19.2 Å². The monoisotopic (exact) mass is 266 g/mol. The first-order valence-electron chi connectivity index (χ1n) is 6.13. The zero-order chi connectivity index (χ0) is 14.2. The van der Waals surface area contributed by atoms with Gasteiger partial charge in [-0.3, -0.25) is 9.59 Å². The van der Waals surface area contributed by atoms with Crippen LogP contribution in [0.4, 0.5) is 4.39 Å². The van der Waals surface area contributed by atoms with Crippen molar-refractivity contribution >= 4 is 11.8 Å². The van der Waals surface area contributed by atoms with Crippen LogP contribution in [0.1, 0.15) is 41.6 Å². The summed E-state index contributed by atoms with van der Waals surface area (Å²) >= 11 is 0. The van der Waals surface area contributed by atoms with Crippen molar-refractivity contribution in [1.29, 1.82) is 0 Å². The maximum absolute atomic E-state index is 13.9. The Kier molecular flexibility index (Phi) is 3.55. The summed E-state index contributed by atoms with van der Waals surface area (Å²) in [6, 6.07) is 2.60. The van der Waals surface area contributed by atoms with Gasteiger partial charge < -0.3 is 9.84 Å². The summed E-state index contributed by atoms with van der Waals surface area (Å²) in [6.07, 6.45) is 0.668. The average Bonchev–Trinajstić information content (AvgIpc) is 3.17. The molecule has 1 N–H and O–H groups in total. The molecule has 0 amide bonds. The van der Waals surface area contributed by atoms with Gasteiger partial charge in [-0.05, 0) is 18.6 Å². The number of carboxylic acids is 1. The first-order chi connectivity index (χ1) is 9.01. The lowest BCUT2D eigenvalue weighted by Crippen LogP contribution is -2.07. The van der Waals surface area contributed by atoms with Crippen molar-refractivity contribution in [3.63, 3.8) is 0 Å². The van der Waals surface area contributed by atoms with Crippen molar-refractivity contribution in [2.45, 2.75) is 25.7 Å². The lowest BCUT2D eigenvalue weighted by molar-refractivity contribution is -0.138. The highest BCUT2D eigenvalue weighted by Gasteiger charge is 2.47. The molecule has 2 atom stereocenters. The predicted molar refractivity (Wildman–Crippen MR) is 66.1 cm³/mol. The largest absolute Gasteiger partial charge is 0.496 e. The SMILES string of the molecule is CCC(=O)c1ccc(F)c([C@@H]2C[C@@H]2C(=O)O)c1OC. The molecule has 0 bridgehead atoms. The van der Waals surface area contributed by atoms with Crippen LogP contribution in [-0.4, -0.2) is 24.0 Å². The van der Waals surface area contributed by atoms with Crippen LogP contribution >= 0.6 is 0 Å². The van der Waals surface area contributed by atoms with Gasteiger partial charge in [-0.1, -0.05) is 6.92 Å². The van der Waals surface area contributed by atoms with Gasteiger partial charge in [0.15, 0.2) is 5.78 Å². The summed E-state index contributed by atoms with van der Waals surface area (Å²) in [7, 11) is 1.36. The molecular formula is C14H15FO4. The van der Waals surface area contributed by atoms with E-state index >= 15 is 0 Å². The van der Waals surface area contributed by atoms with Gasteiger partial charge in [0.25, 0.3) is 0 Å². The average molecular weight is 266 g/mol. The first-order valence-corrected chi connectivity index (χ1v) is 6.13. The number of carbonyl (C=O) groups excluding carboxylic acids is 1. The van der Waals surface area contributed by atoms with Gasteiger partial charge in [-0.15, -0.1) is 0 Å². The van der Waals surface area contributed by atoms with Crippen molar-refractivity contribution in [2.24, 2.45) is 5.92 Å². The highest BCUT2D eigenvalue weighted by atomic mass is 19.1. The van der Waals surface area contributed by atoms with Crippen LogP contribution in [-0.2, 0) is 4.79 Å². The molecule has 0 aromatic heterocycles. The van der Waals surface area contributed by atoms with Crippen LogP contribution in [0.3, 0.4) is 0 Å². The topological polar surface area (TPSA) is 63.6 Å². The molecule has 1 aromatic carbocycles. The molecule has 1 fully saturated rings. The predicted octanol–water partition coefficient (Wildman–Crippen LogP) is 2.62. The Morgan fingerprint density at radius 1 is 1.47 bits per heavy atom. The quantitative estimate of drug-likeness (QED) is 0.832. The van der Waals surface area contributed by atoms with Crippen LogP contribution in [0.2, 0.25) is 0 Å². The molecule has 0 aliphatic heterocycles. The molecular weight excluding hydrogens is 251 g/mol.